The Labute approximate surface area is 121 Å². The first kappa shape index (κ1) is 15.0. The standard InChI is InChI=1S/C16H25N3O/c1-12-8-9-19(11-14(12)10-17)13(2)16(20)18-15-6-4-3-5-7-15/h3-7,12-14H,8-11,17H2,1-2H3,(H,18,20). The molecule has 0 aromatic heterocycles. The number of likely N-dealkylation sites (tertiary alicyclic amines) is 1. The average molecular weight is 275 g/mol. The van der Waals surface area contributed by atoms with Gasteiger partial charge in [-0.3, -0.25) is 9.69 Å². The van der Waals surface area contributed by atoms with Crippen LogP contribution in [-0.4, -0.2) is 36.5 Å². The molecular formula is C16H25N3O. The molecule has 20 heavy (non-hydrogen) atoms. The van der Waals surface area contributed by atoms with Crippen LogP contribution >= 0.6 is 0 Å². The maximum atomic E-state index is 12.3. The van der Waals surface area contributed by atoms with Gasteiger partial charge in [0, 0.05) is 12.2 Å². The molecule has 0 spiro atoms. The van der Waals surface area contributed by atoms with Crippen LogP contribution in [0.3, 0.4) is 0 Å². The molecule has 1 amide bonds. The van der Waals surface area contributed by atoms with Gasteiger partial charge in [-0.2, -0.15) is 0 Å². The highest BCUT2D eigenvalue weighted by Crippen LogP contribution is 2.24. The number of nitrogens with one attached hydrogen (secondary N) is 1. The molecule has 4 heteroatoms. The van der Waals surface area contributed by atoms with Gasteiger partial charge in [-0.15, -0.1) is 0 Å². The minimum atomic E-state index is -0.114. The van der Waals surface area contributed by atoms with Crippen molar-refractivity contribution in [3.05, 3.63) is 30.3 Å². The topological polar surface area (TPSA) is 58.4 Å². The maximum absolute atomic E-state index is 12.3. The number of amides is 1. The van der Waals surface area contributed by atoms with Crippen LogP contribution in [0, 0.1) is 11.8 Å². The van der Waals surface area contributed by atoms with Crippen molar-refractivity contribution in [2.75, 3.05) is 25.0 Å². The van der Waals surface area contributed by atoms with Crippen LogP contribution in [0.5, 0.6) is 0 Å². The number of nitrogens with two attached hydrogens (primary N) is 1. The van der Waals surface area contributed by atoms with E-state index < -0.39 is 0 Å². The maximum Gasteiger partial charge on any atom is 0.241 e. The van der Waals surface area contributed by atoms with Crippen LogP contribution in [0.4, 0.5) is 5.69 Å². The molecule has 3 N–H and O–H groups in total. The van der Waals surface area contributed by atoms with E-state index in [0.29, 0.717) is 18.4 Å². The summed E-state index contributed by atoms with van der Waals surface area (Å²) in [6.07, 6.45) is 1.12. The Morgan fingerprint density at radius 1 is 1.45 bits per heavy atom. The molecule has 1 saturated heterocycles. The van der Waals surface area contributed by atoms with E-state index in [4.69, 9.17) is 5.73 Å². The van der Waals surface area contributed by atoms with E-state index >= 15 is 0 Å². The second kappa shape index (κ2) is 6.86. The number of piperidine rings is 1. The number of carbonyl (C=O) groups excluding carboxylic acids is 1. The smallest absolute Gasteiger partial charge is 0.241 e. The Bertz CT molecular complexity index is 435. The number of rotatable bonds is 4. The number of hydrogen-bond acceptors (Lipinski definition) is 3. The average Bonchev–Trinajstić information content (AvgIpc) is 2.48. The van der Waals surface area contributed by atoms with Crippen LogP contribution in [0.1, 0.15) is 20.3 Å². The predicted molar refractivity (Wildman–Crippen MR) is 82.4 cm³/mol. The molecule has 0 radical (unpaired) electrons. The lowest BCUT2D eigenvalue weighted by Crippen LogP contribution is -2.50. The Morgan fingerprint density at radius 2 is 2.15 bits per heavy atom. The summed E-state index contributed by atoms with van der Waals surface area (Å²) in [4.78, 5) is 14.6. The van der Waals surface area contributed by atoms with Gasteiger partial charge in [0.2, 0.25) is 5.91 Å². The summed E-state index contributed by atoms with van der Waals surface area (Å²) < 4.78 is 0. The molecule has 1 fully saturated rings. The van der Waals surface area contributed by atoms with Crippen LogP contribution in [0.2, 0.25) is 0 Å². The molecule has 1 aromatic rings. The van der Waals surface area contributed by atoms with Gasteiger partial charge in [0.15, 0.2) is 0 Å². The molecule has 0 aliphatic carbocycles. The number of anilines is 1. The molecule has 3 unspecified atom stereocenters. The van der Waals surface area contributed by atoms with Crippen molar-refractivity contribution in [1.29, 1.82) is 0 Å². The number of para-hydroxylation sites is 1. The van der Waals surface area contributed by atoms with Gasteiger partial charge in [-0.1, -0.05) is 25.1 Å². The predicted octanol–water partition coefficient (Wildman–Crippen LogP) is 1.93. The highest BCUT2D eigenvalue weighted by molar-refractivity contribution is 5.94. The molecule has 1 aliphatic heterocycles. The van der Waals surface area contributed by atoms with Gasteiger partial charge in [-0.25, -0.2) is 0 Å². The van der Waals surface area contributed by atoms with Crippen LogP contribution < -0.4 is 11.1 Å². The number of nitrogens with zero attached hydrogens (tertiary/aromatic N) is 1. The lowest BCUT2D eigenvalue weighted by molar-refractivity contribution is -0.121. The molecule has 4 nitrogen and oxygen atoms in total. The third-order valence-electron chi connectivity index (χ3n) is 4.42. The largest absolute Gasteiger partial charge is 0.330 e. The first-order valence-corrected chi connectivity index (χ1v) is 7.42. The summed E-state index contributed by atoms with van der Waals surface area (Å²) >= 11 is 0. The molecule has 3 atom stereocenters. The molecule has 1 heterocycles. The summed E-state index contributed by atoms with van der Waals surface area (Å²) in [7, 11) is 0. The zero-order chi connectivity index (χ0) is 14.5. The van der Waals surface area contributed by atoms with Gasteiger partial charge in [-0.05, 0) is 50.4 Å². The van der Waals surface area contributed by atoms with Crippen molar-refractivity contribution in [3.8, 4) is 0 Å². The number of carbonyl (C=O) groups is 1. The Balaban J connectivity index is 1.93. The SMILES string of the molecule is CC1CCN(C(C)C(=O)Nc2ccccc2)CC1CN. The first-order chi connectivity index (χ1) is 9.61. The summed E-state index contributed by atoms with van der Waals surface area (Å²) in [5.74, 6) is 1.21. The Kier molecular flexibility index (Phi) is 5.15. The van der Waals surface area contributed by atoms with Crippen molar-refractivity contribution < 1.29 is 4.79 Å². The van der Waals surface area contributed by atoms with Crippen molar-refractivity contribution in [3.63, 3.8) is 0 Å². The highest BCUT2D eigenvalue weighted by Gasteiger charge is 2.30. The van der Waals surface area contributed by atoms with Gasteiger partial charge >= 0.3 is 0 Å². The van der Waals surface area contributed by atoms with E-state index in [0.717, 1.165) is 25.2 Å². The van der Waals surface area contributed by atoms with E-state index in [1.54, 1.807) is 0 Å². The molecule has 0 bridgehead atoms. The Morgan fingerprint density at radius 3 is 2.80 bits per heavy atom. The minimum Gasteiger partial charge on any atom is -0.330 e. The van der Waals surface area contributed by atoms with Crippen molar-refractivity contribution in [1.82, 2.24) is 4.90 Å². The molecular weight excluding hydrogens is 250 g/mol. The van der Waals surface area contributed by atoms with E-state index in [1.807, 2.05) is 37.3 Å². The van der Waals surface area contributed by atoms with E-state index in [2.05, 4.69) is 17.1 Å². The number of hydrogen-bond donors (Lipinski definition) is 2. The molecule has 1 aromatic carbocycles. The van der Waals surface area contributed by atoms with Crippen LogP contribution in [0.15, 0.2) is 30.3 Å². The Hall–Kier alpha value is -1.39. The highest BCUT2D eigenvalue weighted by atomic mass is 16.2. The fourth-order valence-electron chi connectivity index (χ4n) is 2.77. The van der Waals surface area contributed by atoms with Crippen molar-refractivity contribution in [2.45, 2.75) is 26.3 Å². The van der Waals surface area contributed by atoms with Crippen molar-refractivity contribution in [2.24, 2.45) is 17.6 Å². The zero-order valence-corrected chi connectivity index (χ0v) is 12.4. The van der Waals surface area contributed by atoms with Crippen molar-refractivity contribution >= 4 is 11.6 Å². The second-order valence-electron chi connectivity index (χ2n) is 5.79. The zero-order valence-electron chi connectivity index (χ0n) is 12.4. The van der Waals surface area contributed by atoms with Crippen LogP contribution in [0.25, 0.3) is 0 Å². The minimum absolute atomic E-state index is 0.0570. The lowest BCUT2D eigenvalue weighted by Gasteiger charge is -2.39. The fourth-order valence-corrected chi connectivity index (χ4v) is 2.77. The van der Waals surface area contributed by atoms with Gasteiger partial charge in [0.25, 0.3) is 0 Å². The first-order valence-electron chi connectivity index (χ1n) is 7.42. The summed E-state index contributed by atoms with van der Waals surface area (Å²) in [5, 5.41) is 2.97. The second-order valence-corrected chi connectivity index (χ2v) is 5.79. The van der Waals surface area contributed by atoms with E-state index in [1.165, 1.54) is 0 Å². The molecule has 0 saturated carbocycles. The lowest BCUT2D eigenvalue weighted by atomic mass is 9.86. The fraction of sp³-hybridized carbons (Fsp3) is 0.562. The third kappa shape index (κ3) is 3.58. The quantitative estimate of drug-likeness (QED) is 0.883. The normalized spacial score (nSPS) is 25.1. The number of benzene rings is 1. The van der Waals surface area contributed by atoms with Gasteiger partial charge in [0.05, 0.1) is 6.04 Å². The molecule has 2 rings (SSSR count). The molecule has 110 valence electrons. The van der Waals surface area contributed by atoms with Crippen LogP contribution in [-0.2, 0) is 4.79 Å². The van der Waals surface area contributed by atoms with Gasteiger partial charge in [0.1, 0.15) is 0 Å². The van der Waals surface area contributed by atoms with E-state index in [-0.39, 0.29) is 11.9 Å². The summed E-state index contributed by atoms with van der Waals surface area (Å²) in [6.45, 7) is 6.82. The van der Waals surface area contributed by atoms with E-state index in [9.17, 15) is 4.79 Å². The monoisotopic (exact) mass is 275 g/mol. The summed E-state index contributed by atoms with van der Waals surface area (Å²) in [6, 6.07) is 9.49. The van der Waals surface area contributed by atoms with Gasteiger partial charge < -0.3 is 11.1 Å². The molecule has 1 aliphatic rings. The third-order valence-corrected chi connectivity index (χ3v) is 4.42. The summed E-state index contributed by atoms with van der Waals surface area (Å²) in [5.41, 5.74) is 6.68.